The molecule has 0 atom stereocenters. The first-order chi connectivity index (χ1) is 16.5. The number of carbonyl (C=O) groups is 1. The number of benzene rings is 3. The van der Waals surface area contributed by atoms with E-state index in [4.69, 9.17) is 16.3 Å². The summed E-state index contributed by atoms with van der Waals surface area (Å²) < 4.78 is 61.3. The molecule has 3 rings (SSSR count). The van der Waals surface area contributed by atoms with Gasteiger partial charge in [0.05, 0.1) is 28.2 Å². The largest absolute Gasteiger partial charge is 0.496 e. The lowest BCUT2D eigenvalue weighted by Crippen LogP contribution is -2.24. The third kappa shape index (κ3) is 6.05. The predicted octanol–water partition coefficient (Wildman–Crippen LogP) is 4.01. The van der Waals surface area contributed by atoms with Gasteiger partial charge in [0.25, 0.3) is 26.0 Å². The number of hydrogen-bond donors (Lipinski definition) is 3. The minimum absolute atomic E-state index is 0.0669. The summed E-state index contributed by atoms with van der Waals surface area (Å²) in [4.78, 5) is 12.1. The van der Waals surface area contributed by atoms with E-state index in [1.807, 2.05) is 0 Å². The molecule has 3 N–H and O–H groups in total. The van der Waals surface area contributed by atoms with Crippen LogP contribution < -0.4 is 19.5 Å². The zero-order valence-electron chi connectivity index (χ0n) is 19.1. The number of rotatable bonds is 9. The molecule has 0 heterocycles. The number of hydrogen-bond acceptors (Lipinski definition) is 6. The second kappa shape index (κ2) is 10.5. The van der Waals surface area contributed by atoms with Gasteiger partial charge in [-0.25, -0.2) is 16.8 Å². The van der Waals surface area contributed by atoms with Crippen molar-refractivity contribution in [2.24, 2.45) is 0 Å². The maximum atomic E-state index is 12.9. The Bertz CT molecular complexity index is 1460. The van der Waals surface area contributed by atoms with Crippen molar-refractivity contribution < 1.29 is 26.4 Å². The van der Waals surface area contributed by atoms with Crippen LogP contribution in [0.25, 0.3) is 0 Å². The van der Waals surface area contributed by atoms with Crippen LogP contribution in [0.3, 0.4) is 0 Å². The van der Waals surface area contributed by atoms with Gasteiger partial charge in [-0.3, -0.25) is 14.2 Å². The lowest BCUT2D eigenvalue weighted by molar-refractivity contribution is 0.0952. The zero-order valence-corrected chi connectivity index (χ0v) is 21.5. The molecule has 0 aliphatic heterocycles. The number of amides is 1. The molecule has 0 spiro atoms. The summed E-state index contributed by atoms with van der Waals surface area (Å²) in [5.74, 6) is -0.245. The third-order valence-corrected chi connectivity index (χ3v) is 8.16. The molecule has 3 aromatic carbocycles. The van der Waals surface area contributed by atoms with Gasteiger partial charge in [-0.15, -0.1) is 0 Å². The van der Waals surface area contributed by atoms with Gasteiger partial charge in [0.15, 0.2) is 0 Å². The molecular formula is C23H24ClN3O6S2. The van der Waals surface area contributed by atoms with E-state index in [1.165, 1.54) is 49.6 Å². The highest BCUT2D eigenvalue weighted by atomic mass is 35.5. The molecule has 0 saturated heterocycles. The molecule has 0 aromatic heterocycles. The van der Waals surface area contributed by atoms with Crippen LogP contribution in [0, 0.1) is 6.92 Å². The first-order valence-corrected chi connectivity index (χ1v) is 13.7. The first kappa shape index (κ1) is 26.3. The number of methoxy groups -OCH3 is 1. The van der Waals surface area contributed by atoms with Crippen LogP contribution in [-0.2, 0) is 20.0 Å². The lowest BCUT2D eigenvalue weighted by Gasteiger charge is -2.13. The molecule has 9 nitrogen and oxygen atoms in total. The number of nitrogens with one attached hydrogen (secondary N) is 3. The van der Waals surface area contributed by atoms with Gasteiger partial charge in [-0.1, -0.05) is 17.7 Å². The highest BCUT2D eigenvalue weighted by Gasteiger charge is 2.21. The summed E-state index contributed by atoms with van der Waals surface area (Å²) in [6.45, 7) is 3.79. The van der Waals surface area contributed by atoms with Crippen molar-refractivity contribution in [2.75, 3.05) is 23.1 Å². The Morgan fingerprint density at radius 3 is 2.17 bits per heavy atom. The van der Waals surface area contributed by atoms with E-state index in [0.29, 0.717) is 22.8 Å². The molecule has 1 amide bonds. The van der Waals surface area contributed by atoms with Gasteiger partial charge in [0.2, 0.25) is 0 Å². The molecule has 0 aliphatic carbocycles. The van der Waals surface area contributed by atoms with E-state index >= 15 is 0 Å². The number of anilines is 2. The van der Waals surface area contributed by atoms with Crippen LogP contribution in [0.15, 0.2) is 70.5 Å². The molecule has 35 heavy (non-hydrogen) atoms. The van der Waals surface area contributed by atoms with Crippen molar-refractivity contribution >= 4 is 48.9 Å². The quantitative estimate of drug-likeness (QED) is 0.378. The van der Waals surface area contributed by atoms with Gasteiger partial charge in [0, 0.05) is 17.3 Å². The molecular weight excluding hydrogens is 514 g/mol. The van der Waals surface area contributed by atoms with Crippen LogP contribution in [-0.4, -0.2) is 36.4 Å². The van der Waals surface area contributed by atoms with E-state index in [0.717, 1.165) is 0 Å². The fourth-order valence-corrected chi connectivity index (χ4v) is 5.51. The maximum absolute atomic E-state index is 12.9. The van der Waals surface area contributed by atoms with Crippen molar-refractivity contribution in [3.63, 3.8) is 0 Å². The zero-order chi connectivity index (χ0) is 25.8. The SMILES string of the molecule is CCNC(=O)c1cc(S(=O)(=O)Nc2ccc(S(=O)(=O)Nc3cccc(Cl)c3C)cc2)ccc1OC. The Balaban J connectivity index is 1.83. The molecule has 0 fully saturated rings. The van der Waals surface area contributed by atoms with Gasteiger partial charge < -0.3 is 10.1 Å². The van der Waals surface area contributed by atoms with Crippen LogP contribution in [0.2, 0.25) is 5.02 Å². The highest BCUT2D eigenvalue weighted by Crippen LogP contribution is 2.27. The lowest BCUT2D eigenvalue weighted by atomic mass is 10.2. The second-order valence-corrected chi connectivity index (χ2v) is 11.1. The fourth-order valence-electron chi connectivity index (χ4n) is 3.13. The molecule has 0 aliphatic rings. The Hall–Kier alpha value is -3.28. The van der Waals surface area contributed by atoms with Crippen molar-refractivity contribution in [3.05, 3.63) is 76.8 Å². The van der Waals surface area contributed by atoms with E-state index in [1.54, 1.807) is 32.0 Å². The number of carbonyl (C=O) groups excluding carboxylic acids is 1. The highest BCUT2D eigenvalue weighted by molar-refractivity contribution is 7.93. The van der Waals surface area contributed by atoms with Gasteiger partial charge in [-0.2, -0.15) is 0 Å². The first-order valence-electron chi connectivity index (χ1n) is 10.4. The monoisotopic (exact) mass is 537 g/mol. The van der Waals surface area contributed by atoms with Crippen LogP contribution >= 0.6 is 11.6 Å². The van der Waals surface area contributed by atoms with Crippen molar-refractivity contribution in [1.29, 1.82) is 0 Å². The van der Waals surface area contributed by atoms with Crippen LogP contribution in [0.1, 0.15) is 22.8 Å². The average molecular weight is 538 g/mol. The normalized spacial score (nSPS) is 11.5. The van der Waals surface area contributed by atoms with Gasteiger partial charge >= 0.3 is 0 Å². The third-order valence-electron chi connectivity index (χ3n) is 4.99. The predicted molar refractivity (Wildman–Crippen MR) is 135 cm³/mol. The summed E-state index contributed by atoms with van der Waals surface area (Å²) in [5.41, 5.74) is 1.12. The standard InChI is InChI=1S/C23H24ClN3O6S2/c1-4-25-23(28)19-14-18(12-13-22(19)33-3)35(31,32)26-16-8-10-17(11-9-16)34(29,30)27-21-7-5-6-20(24)15(21)2/h5-14,26-27H,4H2,1-3H3,(H,25,28). The maximum Gasteiger partial charge on any atom is 0.261 e. The molecule has 0 unspecified atom stereocenters. The van der Waals surface area contributed by atoms with Crippen molar-refractivity contribution in [3.8, 4) is 5.75 Å². The molecule has 0 saturated carbocycles. The molecule has 3 aromatic rings. The smallest absolute Gasteiger partial charge is 0.261 e. The van der Waals surface area contributed by atoms with E-state index in [9.17, 15) is 21.6 Å². The molecule has 12 heteroatoms. The van der Waals surface area contributed by atoms with Gasteiger partial charge in [0.1, 0.15) is 5.75 Å². The summed E-state index contributed by atoms with van der Waals surface area (Å²) in [6, 6.07) is 14.0. The van der Waals surface area contributed by atoms with E-state index in [-0.39, 0.29) is 26.8 Å². The molecule has 186 valence electrons. The van der Waals surface area contributed by atoms with Crippen LogP contribution in [0.5, 0.6) is 5.75 Å². The van der Waals surface area contributed by atoms with Gasteiger partial charge in [-0.05, 0) is 74.0 Å². The van der Waals surface area contributed by atoms with Crippen molar-refractivity contribution in [1.82, 2.24) is 5.32 Å². The fraction of sp³-hybridized carbons (Fsp3) is 0.174. The topological polar surface area (TPSA) is 131 Å². The summed E-state index contributed by atoms with van der Waals surface area (Å²) in [7, 11) is -6.64. The van der Waals surface area contributed by atoms with E-state index < -0.39 is 26.0 Å². The molecule has 0 bridgehead atoms. The Labute approximate surface area is 209 Å². The molecule has 0 radical (unpaired) electrons. The average Bonchev–Trinajstić information content (AvgIpc) is 2.81. The summed E-state index contributed by atoms with van der Waals surface area (Å²) in [5, 5.41) is 3.02. The second-order valence-electron chi connectivity index (χ2n) is 7.37. The van der Waals surface area contributed by atoms with Crippen LogP contribution in [0.4, 0.5) is 11.4 Å². The van der Waals surface area contributed by atoms with Crippen molar-refractivity contribution in [2.45, 2.75) is 23.6 Å². The minimum atomic E-state index is -4.08. The summed E-state index contributed by atoms with van der Waals surface area (Å²) >= 11 is 6.05. The minimum Gasteiger partial charge on any atom is -0.496 e. The summed E-state index contributed by atoms with van der Waals surface area (Å²) in [6.07, 6.45) is 0. The number of ether oxygens (including phenoxy) is 1. The Morgan fingerprint density at radius 2 is 1.54 bits per heavy atom. The Morgan fingerprint density at radius 1 is 0.914 bits per heavy atom. The Kier molecular flexibility index (Phi) is 7.93. The number of sulfonamides is 2. The number of halogens is 1. The van der Waals surface area contributed by atoms with E-state index in [2.05, 4.69) is 14.8 Å².